The van der Waals surface area contributed by atoms with Crippen molar-refractivity contribution in [3.63, 3.8) is 0 Å². The first-order valence-electron chi connectivity index (χ1n) is 8.53. The molecule has 2 heterocycles. The number of aromatic amines is 1. The number of hydrogen-bond acceptors (Lipinski definition) is 7. The lowest BCUT2D eigenvalue weighted by molar-refractivity contribution is 0.102. The number of nitrogens with zero attached hydrogens (tertiary/aromatic N) is 6. The van der Waals surface area contributed by atoms with Crippen LogP contribution in [0.5, 0.6) is 0 Å². The number of aromatic nitrogens is 7. The highest BCUT2D eigenvalue weighted by Gasteiger charge is 2.12. The number of nitrogens with one attached hydrogen (secondary N) is 2. The van der Waals surface area contributed by atoms with Crippen molar-refractivity contribution < 1.29 is 9.18 Å². The zero-order valence-corrected chi connectivity index (χ0v) is 16.0. The third-order valence-corrected chi connectivity index (χ3v) is 4.99. The van der Waals surface area contributed by atoms with Gasteiger partial charge in [-0.3, -0.25) is 9.89 Å². The van der Waals surface area contributed by atoms with Gasteiger partial charge in [0, 0.05) is 17.0 Å². The Balaban J connectivity index is 1.44. The minimum absolute atomic E-state index is 0.157. The molecule has 4 rings (SSSR count). The van der Waals surface area contributed by atoms with Gasteiger partial charge in [0.15, 0.2) is 11.0 Å². The fourth-order valence-electron chi connectivity index (χ4n) is 2.58. The molecule has 11 heteroatoms. The number of benzene rings is 2. The summed E-state index contributed by atoms with van der Waals surface area (Å²) in [5, 5.41) is 21.1. The molecule has 2 aromatic heterocycles. The maximum absolute atomic E-state index is 14.2. The third-order valence-electron chi connectivity index (χ3n) is 4.04. The summed E-state index contributed by atoms with van der Waals surface area (Å²) in [7, 11) is 0. The summed E-state index contributed by atoms with van der Waals surface area (Å²) >= 11 is 1.52. The number of rotatable bonds is 6. The number of thioether (sulfide) groups is 1. The van der Waals surface area contributed by atoms with Gasteiger partial charge in [-0.05, 0) is 53.2 Å². The summed E-state index contributed by atoms with van der Waals surface area (Å²) in [5.74, 6) is 0.340. The van der Waals surface area contributed by atoms with E-state index in [1.165, 1.54) is 41.0 Å². The van der Waals surface area contributed by atoms with E-state index in [9.17, 15) is 9.18 Å². The zero-order chi connectivity index (χ0) is 20.2. The van der Waals surface area contributed by atoms with Gasteiger partial charge in [0.1, 0.15) is 17.8 Å². The molecule has 0 spiro atoms. The Morgan fingerprint density at radius 1 is 1.24 bits per heavy atom. The minimum Gasteiger partial charge on any atom is -0.322 e. The first-order chi connectivity index (χ1) is 14.1. The summed E-state index contributed by atoms with van der Waals surface area (Å²) in [6.45, 7) is 1.66. The maximum atomic E-state index is 14.2. The van der Waals surface area contributed by atoms with Crippen molar-refractivity contribution >= 4 is 23.4 Å². The molecule has 0 aliphatic heterocycles. The average Bonchev–Trinajstić information content (AvgIpc) is 3.40. The van der Waals surface area contributed by atoms with Gasteiger partial charge in [0.05, 0.1) is 0 Å². The predicted molar refractivity (Wildman–Crippen MR) is 104 cm³/mol. The topological polar surface area (TPSA) is 114 Å². The standard InChI is InChI=1S/C18H15FN8OS/c1-11-23-25-26-27(11)16-8-14(6-7-15(16)19)22-17(28)13-4-2-12(3-5-13)9-29-18-20-10-21-24-18/h2-8,10H,9H2,1H3,(H,22,28)(H,20,21,24). The molecule has 9 nitrogen and oxygen atoms in total. The molecule has 0 bridgehead atoms. The summed E-state index contributed by atoms with van der Waals surface area (Å²) < 4.78 is 15.4. The van der Waals surface area contributed by atoms with Crippen molar-refractivity contribution in [2.24, 2.45) is 0 Å². The first kappa shape index (κ1) is 18.7. The van der Waals surface area contributed by atoms with E-state index in [4.69, 9.17) is 0 Å². The van der Waals surface area contributed by atoms with Crippen molar-refractivity contribution in [2.45, 2.75) is 17.8 Å². The van der Waals surface area contributed by atoms with E-state index in [-0.39, 0.29) is 11.6 Å². The van der Waals surface area contributed by atoms with E-state index >= 15 is 0 Å². The second-order valence-corrected chi connectivity index (χ2v) is 7.00. The van der Waals surface area contributed by atoms with E-state index < -0.39 is 5.82 Å². The number of amides is 1. The third kappa shape index (κ3) is 4.29. The lowest BCUT2D eigenvalue weighted by Crippen LogP contribution is -2.13. The molecule has 0 aliphatic rings. The number of aryl methyl sites for hydroxylation is 1. The molecule has 0 fully saturated rings. The van der Waals surface area contributed by atoms with Crippen molar-refractivity contribution in [1.29, 1.82) is 0 Å². The number of anilines is 1. The molecule has 0 unspecified atom stereocenters. The predicted octanol–water partition coefficient (Wildman–Crippen LogP) is 2.77. The molecule has 1 amide bonds. The molecule has 0 radical (unpaired) electrons. The Morgan fingerprint density at radius 3 is 2.76 bits per heavy atom. The highest BCUT2D eigenvalue weighted by molar-refractivity contribution is 7.98. The zero-order valence-electron chi connectivity index (χ0n) is 15.2. The number of tetrazole rings is 1. The summed E-state index contributed by atoms with van der Waals surface area (Å²) in [6, 6.07) is 11.5. The molecule has 29 heavy (non-hydrogen) atoms. The van der Waals surface area contributed by atoms with Gasteiger partial charge in [0.25, 0.3) is 5.91 Å². The van der Waals surface area contributed by atoms with Gasteiger partial charge in [-0.1, -0.05) is 23.9 Å². The van der Waals surface area contributed by atoms with Crippen LogP contribution in [-0.4, -0.2) is 41.3 Å². The van der Waals surface area contributed by atoms with Crippen LogP contribution in [0.15, 0.2) is 53.9 Å². The summed E-state index contributed by atoms with van der Waals surface area (Å²) in [6.07, 6.45) is 1.46. The molecular weight excluding hydrogens is 395 g/mol. The summed E-state index contributed by atoms with van der Waals surface area (Å²) in [5.41, 5.74) is 2.13. The molecule has 2 N–H and O–H groups in total. The molecule has 146 valence electrons. The molecule has 0 aliphatic carbocycles. The van der Waals surface area contributed by atoms with Crippen LogP contribution < -0.4 is 5.32 Å². The largest absolute Gasteiger partial charge is 0.322 e. The van der Waals surface area contributed by atoms with Crippen LogP contribution in [0, 0.1) is 12.7 Å². The number of carbonyl (C=O) groups is 1. The molecular formula is C18H15FN8OS. The SMILES string of the molecule is Cc1nnnn1-c1cc(NC(=O)c2ccc(CSc3ncn[nH]3)cc2)ccc1F. The highest BCUT2D eigenvalue weighted by atomic mass is 32.2. The Kier molecular flexibility index (Phi) is 5.29. The van der Waals surface area contributed by atoms with Gasteiger partial charge < -0.3 is 5.32 Å². The van der Waals surface area contributed by atoms with Crippen molar-refractivity contribution in [1.82, 2.24) is 35.4 Å². The van der Waals surface area contributed by atoms with E-state index in [2.05, 4.69) is 36.0 Å². The van der Waals surface area contributed by atoms with Crippen LogP contribution in [0.1, 0.15) is 21.7 Å². The van der Waals surface area contributed by atoms with Gasteiger partial charge in [-0.25, -0.2) is 9.37 Å². The second-order valence-electron chi connectivity index (χ2n) is 6.03. The molecule has 0 atom stereocenters. The van der Waals surface area contributed by atoms with Crippen molar-refractivity contribution in [3.8, 4) is 5.69 Å². The normalized spacial score (nSPS) is 10.8. The molecule has 0 saturated carbocycles. The number of carbonyl (C=O) groups excluding carboxylic acids is 1. The van der Waals surface area contributed by atoms with Crippen molar-refractivity contribution in [2.75, 3.05) is 5.32 Å². The number of hydrogen-bond donors (Lipinski definition) is 2. The molecule has 0 saturated heterocycles. The Labute approximate surface area is 168 Å². The summed E-state index contributed by atoms with van der Waals surface area (Å²) in [4.78, 5) is 16.6. The van der Waals surface area contributed by atoms with Crippen LogP contribution in [0.25, 0.3) is 5.69 Å². The number of H-pyrrole nitrogens is 1. The molecule has 2 aromatic carbocycles. The maximum Gasteiger partial charge on any atom is 0.255 e. The fourth-order valence-corrected chi connectivity index (χ4v) is 3.31. The van der Waals surface area contributed by atoms with Gasteiger partial charge in [0.2, 0.25) is 0 Å². The van der Waals surface area contributed by atoms with Crippen LogP contribution in [0.4, 0.5) is 10.1 Å². The second kappa shape index (κ2) is 8.19. The lowest BCUT2D eigenvalue weighted by atomic mass is 10.1. The fraction of sp³-hybridized carbons (Fsp3) is 0.111. The average molecular weight is 410 g/mol. The van der Waals surface area contributed by atoms with Gasteiger partial charge in [-0.15, -0.1) is 5.10 Å². The van der Waals surface area contributed by atoms with Crippen LogP contribution in [-0.2, 0) is 5.75 Å². The Hall–Kier alpha value is -3.60. The van der Waals surface area contributed by atoms with E-state index in [0.717, 1.165) is 10.7 Å². The van der Waals surface area contributed by atoms with Gasteiger partial charge >= 0.3 is 0 Å². The minimum atomic E-state index is -0.494. The van der Waals surface area contributed by atoms with Crippen LogP contribution >= 0.6 is 11.8 Å². The highest BCUT2D eigenvalue weighted by Crippen LogP contribution is 2.21. The smallest absolute Gasteiger partial charge is 0.255 e. The number of halogens is 1. The van der Waals surface area contributed by atoms with E-state index in [1.807, 2.05) is 12.1 Å². The van der Waals surface area contributed by atoms with Crippen LogP contribution in [0.3, 0.4) is 0 Å². The Bertz CT molecular complexity index is 1130. The van der Waals surface area contributed by atoms with Gasteiger partial charge in [-0.2, -0.15) is 9.78 Å². The molecule has 4 aromatic rings. The van der Waals surface area contributed by atoms with Crippen LogP contribution in [0.2, 0.25) is 0 Å². The van der Waals surface area contributed by atoms with E-state index in [0.29, 0.717) is 22.8 Å². The first-order valence-corrected chi connectivity index (χ1v) is 9.52. The van der Waals surface area contributed by atoms with E-state index in [1.54, 1.807) is 19.1 Å². The lowest BCUT2D eigenvalue weighted by Gasteiger charge is -2.09. The quantitative estimate of drug-likeness (QED) is 0.470. The monoisotopic (exact) mass is 410 g/mol. The Morgan fingerprint density at radius 2 is 2.07 bits per heavy atom. The van der Waals surface area contributed by atoms with Crippen molar-refractivity contribution in [3.05, 3.63) is 71.6 Å².